The largest absolute Gasteiger partial charge is 0.329 e. The number of nitrogens with zero attached hydrogens (tertiary/aromatic N) is 1. The Morgan fingerprint density at radius 1 is 1.12 bits per heavy atom. The van der Waals surface area contributed by atoms with E-state index in [1.165, 1.54) is 6.07 Å². The third kappa shape index (κ3) is 4.04. The van der Waals surface area contributed by atoms with Crippen LogP contribution in [0.1, 0.15) is 11.1 Å². The molecule has 0 saturated heterocycles. The number of pyridine rings is 2. The third-order valence-electron chi connectivity index (χ3n) is 1.98. The van der Waals surface area contributed by atoms with Crippen LogP contribution in [-0.2, 0) is 6.42 Å². The van der Waals surface area contributed by atoms with Gasteiger partial charge in [-0.3, -0.25) is 9.78 Å². The summed E-state index contributed by atoms with van der Waals surface area (Å²) in [5.41, 5.74) is 2.15. The molecule has 0 spiro atoms. The molecule has 16 heavy (non-hydrogen) atoms. The minimum Gasteiger partial charge on any atom is -0.329 e. The number of aromatic nitrogens is 2. The van der Waals surface area contributed by atoms with Crippen LogP contribution in [0.3, 0.4) is 0 Å². The van der Waals surface area contributed by atoms with Crippen molar-refractivity contribution in [2.45, 2.75) is 6.42 Å². The maximum absolute atomic E-state index is 10.8. The molecule has 0 fully saturated rings. The summed E-state index contributed by atoms with van der Waals surface area (Å²) in [5.74, 6) is 0. The van der Waals surface area contributed by atoms with Gasteiger partial charge in [-0.1, -0.05) is 12.1 Å². The zero-order valence-electron chi connectivity index (χ0n) is 8.42. The monoisotopic (exact) mass is 258 g/mol. The van der Waals surface area contributed by atoms with Crippen LogP contribution in [0, 0.1) is 0 Å². The summed E-state index contributed by atoms with van der Waals surface area (Å²) in [6.07, 6.45) is 6.10. The standard InChI is InChI=1S/C11H10N2O.2ClH/c14-11-4-3-10(8-13-11)6-9-2-1-5-12-7-9;;/h1-5,7-8H,6H2,(H,13,14);2*1H. The highest BCUT2D eigenvalue weighted by Crippen LogP contribution is 2.04. The minimum absolute atomic E-state index is 0. The molecule has 0 aliphatic carbocycles. The van der Waals surface area contributed by atoms with E-state index in [1.807, 2.05) is 24.4 Å². The zero-order chi connectivity index (χ0) is 9.80. The number of hydrogen-bond acceptors (Lipinski definition) is 2. The van der Waals surface area contributed by atoms with Crippen molar-refractivity contribution in [3.63, 3.8) is 0 Å². The van der Waals surface area contributed by atoms with Crippen molar-refractivity contribution in [3.8, 4) is 0 Å². The van der Waals surface area contributed by atoms with Crippen LogP contribution in [0.25, 0.3) is 0 Å². The van der Waals surface area contributed by atoms with Crippen LogP contribution < -0.4 is 5.56 Å². The molecule has 1 N–H and O–H groups in total. The summed E-state index contributed by atoms with van der Waals surface area (Å²) in [7, 11) is 0. The van der Waals surface area contributed by atoms with Crippen LogP contribution in [-0.4, -0.2) is 9.97 Å². The van der Waals surface area contributed by atoms with Gasteiger partial charge >= 0.3 is 0 Å². The molecule has 0 aliphatic rings. The Morgan fingerprint density at radius 2 is 1.94 bits per heavy atom. The first-order valence-corrected chi connectivity index (χ1v) is 4.41. The van der Waals surface area contributed by atoms with Gasteiger partial charge in [-0.05, 0) is 17.2 Å². The molecule has 86 valence electrons. The topological polar surface area (TPSA) is 45.8 Å². The van der Waals surface area contributed by atoms with E-state index in [4.69, 9.17) is 0 Å². The molecule has 0 radical (unpaired) electrons. The van der Waals surface area contributed by atoms with Crippen LogP contribution >= 0.6 is 24.8 Å². The Labute approximate surface area is 106 Å². The van der Waals surface area contributed by atoms with Crippen molar-refractivity contribution in [2.24, 2.45) is 0 Å². The molecule has 2 rings (SSSR count). The van der Waals surface area contributed by atoms with Crippen LogP contribution in [0.15, 0.2) is 47.7 Å². The summed E-state index contributed by atoms with van der Waals surface area (Å²) in [5, 5.41) is 0. The first-order chi connectivity index (χ1) is 6.84. The van der Waals surface area contributed by atoms with Crippen LogP contribution in [0.5, 0.6) is 0 Å². The molecule has 0 atom stereocenters. The van der Waals surface area contributed by atoms with Gasteiger partial charge in [0.1, 0.15) is 0 Å². The van der Waals surface area contributed by atoms with E-state index in [-0.39, 0.29) is 30.4 Å². The van der Waals surface area contributed by atoms with E-state index in [0.717, 1.165) is 17.5 Å². The molecule has 2 aromatic heterocycles. The lowest BCUT2D eigenvalue weighted by Crippen LogP contribution is -2.03. The maximum atomic E-state index is 10.8. The van der Waals surface area contributed by atoms with Gasteiger partial charge in [-0.15, -0.1) is 24.8 Å². The Morgan fingerprint density at radius 3 is 2.50 bits per heavy atom. The average Bonchev–Trinajstić information content (AvgIpc) is 2.23. The predicted molar refractivity (Wildman–Crippen MR) is 68.6 cm³/mol. The molecule has 2 aromatic rings. The number of hydrogen-bond donors (Lipinski definition) is 1. The van der Waals surface area contributed by atoms with E-state index in [1.54, 1.807) is 12.4 Å². The average molecular weight is 259 g/mol. The lowest BCUT2D eigenvalue weighted by Gasteiger charge is -1.99. The highest BCUT2D eigenvalue weighted by Gasteiger charge is 1.95. The van der Waals surface area contributed by atoms with Crippen molar-refractivity contribution < 1.29 is 0 Å². The Kier molecular flexibility index (Phi) is 6.46. The normalized spacial score (nSPS) is 8.75. The molecule has 0 amide bonds. The lowest BCUT2D eigenvalue weighted by molar-refractivity contribution is 1.10. The van der Waals surface area contributed by atoms with Gasteiger partial charge in [0, 0.05) is 31.1 Å². The van der Waals surface area contributed by atoms with E-state index in [9.17, 15) is 4.79 Å². The number of rotatable bonds is 2. The molecule has 3 nitrogen and oxygen atoms in total. The van der Waals surface area contributed by atoms with Gasteiger partial charge in [0.2, 0.25) is 5.56 Å². The Balaban J connectivity index is 0.00000112. The fraction of sp³-hybridized carbons (Fsp3) is 0.0909. The van der Waals surface area contributed by atoms with Gasteiger partial charge in [0.25, 0.3) is 0 Å². The summed E-state index contributed by atoms with van der Waals surface area (Å²) < 4.78 is 0. The smallest absolute Gasteiger partial charge is 0.247 e. The van der Waals surface area contributed by atoms with E-state index in [2.05, 4.69) is 9.97 Å². The first-order valence-electron chi connectivity index (χ1n) is 4.41. The highest BCUT2D eigenvalue weighted by atomic mass is 35.5. The third-order valence-corrected chi connectivity index (χ3v) is 1.98. The molecule has 0 aliphatic heterocycles. The second-order valence-electron chi connectivity index (χ2n) is 3.10. The van der Waals surface area contributed by atoms with Crippen LogP contribution in [0.4, 0.5) is 0 Å². The summed E-state index contributed by atoms with van der Waals surface area (Å²) in [4.78, 5) is 17.5. The van der Waals surface area contributed by atoms with Gasteiger partial charge in [-0.2, -0.15) is 0 Å². The summed E-state index contributed by atoms with van der Waals surface area (Å²) >= 11 is 0. The molecule has 2 heterocycles. The number of halogens is 2. The minimum atomic E-state index is -0.0695. The van der Waals surface area contributed by atoms with Crippen molar-refractivity contribution in [3.05, 3.63) is 64.3 Å². The lowest BCUT2D eigenvalue weighted by atomic mass is 10.1. The number of aromatic amines is 1. The van der Waals surface area contributed by atoms with Crippen LogP contribution in [0.2, 0.25) is 0 Å². The Bertz CT molecular complexity index is 450. The molecular weight excluding hydrogens is 247 g/mol. The summed E-state index contributed by atoms with van der Waals surface area (Å²) in [6, 6.07) is 7.27. The quantitative estimate of drug-likeness (QED) is 0.898. The van der Waals surface area contributed by atoms with Gasteiger partial charge in [0.05, 0.1) is 0 Å². The SMILES string of the molecule is Cl.Cl.O=c1ccc(Cc2cccnc2)c[nH]1. The molecule has 0 bridgehead atoms. The fourth-order valence-electron chi connectivity index (χ4n) is 1.29. The summed E-state index contributed by atoms with van der Waals surface area (Å²) in [6.45, 7) is 0. The fourth-order valence-corrected chi connectivity index (χ4v) is 1.29. The molecule has 0 aromatic carbocycles. The van der Waals surface area contributed by atoms with Crippen molar-refractivity contribution in [1.82, 2.24) is 9.97 Å². The van der Waals surface area contributed by atoms with E-state index < -0.39 is 0 Å². The Hall–Kier alpha value is -1.32. The van der Waals surface area contributed by atoms with Crippen molar-refractivity contribution in [1.29, 1.82) is 0 Å². The molecule has 0 saturated carbocycles. The van der Waals surface area contributed by atoms with Crippen molar-refractivity contribution in [2.75, 3.05) is 0 Å². The molecule has 5 heteroatoms. The molecular formula is C11H12Cl2N2O. The van der Waals surface area contributed by atoms with Gasteiger partial charge in [-0.25, -0.2) is 0 Å². The predicted octanol–water partition coefficient (Wildman–Crippen LogP) is 2.20. The second-order valence-corrected chi connectivity index (χ2v) is 3.10. The van der Waals surface area contributed by atoms with Gasteiger partial charge in [0.15, 0.2) is 0 Å². The van der Waals surface area contributed by atoms with E-state index in [0.29, 0.717) is 0 Å². The van der Waals surface area contributed by atoms with Crippen molar-refractivity contribution >= 4 is 24.8 Å². The maximum Gasteiger partial charge on any atom is 0.247 e. The number of nitrogens with one attached hydrogen (secondary N) is 1. The zero-order valence-corrected chi connectivity index (χ0v) is 10.1. The van der Waals surface area contributed by atoms with E-state index >= 15 is 0 Å². The molecule has 0 unspecified atom stereocenters. The highest BCUT2D eigenvalue weighted by molar-refractivity contribution is 5.85. The van der Waals surface area contributed by atoms with Gasteiger partial charge < -0.3 is 4.98 Å². The number of H-pyrrole nitrogens is 1. The second kappa shape index (κ2) is 7.04. The first kappa shape index (κ1) is 14.7.